The largest absolute Gasteiger partial charge is 0.490 e. The van der Waals surface area contributed by atoms with Gasteiger partial charge in [-0.15, -0.1) is 0 Å². The number of urea groups is 1. The molecule has 2 aromatic rings. The van der Waals surface area contributed by atoms with Gasteiger partial charge in [-0.25, -0.2) is 4.79 Å². The quantitative estimate of drug-likeness (QED) is 0.341. The van der Waals surface area contributed by atoms with Crippen LogP contribution in [0.15, 0.2) is 22.7 Å². The van der Waals surface area contributed by atoms with Crippen molar-refractivity contribution < 1.29 is 33.5 Å². The Kier molecular flexibility index (Phi) is 13.1. The van der Waals surface area contributed by atoms with E-state index in [0.717, 1.165) is 44.9 Å². The standard InChI is InChI=1S/C35H53N5O7/c1-22-19-40(23(2)21-41)34(43)29-18-28(36-35(44)37-32-25(4)38-47-26(32)5)15-16-30(29)46-24(3)12-10-11-17-45-31(22)20-39(6)33(42)27-13-8-7-9-14-27/h15-16,18,22-24,27,31,41H,7-14,17,19-21H2,1-6H3,(H2,36,37,44)/t22-,23-,24+,31+/m0/s1. The van der Waals surface area contributed by atoms with E-state index in [1.54, 1.807) is 48.8 Å². The maximum Gasteiger partial charge on any atom is 0.323 e. The molecule has 47 heavy (non-hydrogen) atoms. The minimum Gasteiger partial charge on any atom is -0.490 e. The third kappa shape index (κ3) is 9.70. The van der Waals surface area contributed by atoms with Crippen LogP contribution in [0.3, 0.4) is 0 Å². The molecule has 0 radical (unpaired) electrons. The molecule has 0 spiro atoms. The summed E-state index contributed by atoms with van der Waals surface area (Å²) in [7, 11) is 1.85. The first-order valence-corrected chi connectivity index (χ1v) is 17.1. The SMILES string of the molecule is Cc1noc(C)c1NC(=O)Nc1ccc2c(c1)C(=O)N([C@@H](C)CO)C[C@H](C)[C@@H](CN(C)C(=O)C1CCCCC1)OCCCC[C@@H](C)O2. The number of aliphatic hydroxyl groups excluding tert-OH is 1. The Labute approximate surface area is 278 Å². The Balaban J connectivity index is 1.59. The van der Waals surface area contributed by atoms with E-state index in [2.05, 4.69) is 15.8 Å². The fraction of sp³-hybridized carbons (Fsp3) is 0.657. The van der Waals surface area contributed by atoms with Crippen molar-refractivity contribution in [3.05, 3.63) is 35.2 Å². The van der Waals surface area contributed by atoms with Crippen LogP contribution in [-0.4, -0.2) is 89.5 Å². The number of benzene rings is 1. The van der Waals surface area contributed by atoms with Gasteiger partial charge in [0.1, 0.15) is 17.1 Å². The third-order valence-electron chi connectivity index (χ3n) is 9.37. The molecule has 3 N–H and O–H groups in total. The lowest BCUT2D eigenvalue weighted by Crippen LogP contribution is -2.48. The second kappa shape index (κ2) is 17.0. The van der Waals surface area contributed by atoms with E-state index < -0.39 is 12.1 Å². The van der Waals surface area contributed by atoms with E-state index in [-0.39, 0.29) is 54.6 Å². The number of nitrogens with one attached hydrogen (secondary N) is 2. The molecule has 2 aliphatic rings. The number of fused-ring (bicyclic) bond motifs is 1. The molecular formula is C35H53N5O7. The Morgan fingerprint density at radius 3 is 2.49 bits per heavy atom. The molecule has 4 amide bonds. The number of carbonyl (C=O) groups is 3. The van der Waals surface area contributed by atoms with Crippen molar-refractivity contribution in [2.75, 3.05) is 44.0 Å². The first-order chi connectivity index (χ1) is 22.5. The van der Waals surface area contributed by atoms with Gasteiger partial charge in [0.15, 0.2) is 5.76 Å². The summed E-state index contributed by atoms with van der Waals surface area (Å²) in [6, 6.07) is 3.98. The van der Waals surface area contributed by atoms with Crippen LogP contribution in [0.1, 0.15) is 93.9 Å². The van der Waals surface area contributed by atoms with Gasteiger partial charge in [-0.05, 0) is 78.0 Å². The topological polar surface area (TPSA) is 146 Å². The third-order valence-corrected chi connectivity index (χ3v) is 9.37. The van der Waals surface area contributed by atoms with Crippen LogP contribution >= 0.6 is 0 Å². The molecule has 0 bridgehead atoms. The Morgan fingerprint density at radius 2 is 1.81 bits per heavy atom. The molecule has 12 heteroatoms. The van der Waals surface area contributed by atoms with E-state index in [1.165, 1.54) is 6.42 Å². The number of carbonyl (C=O) groups excluding carboxylic acids is 3. The van der Waals surface area contributed by atoms with E-state index in [4.69, 9.17) is 14.0 Å². The lowest BCUT2D eigenvalue weighted by atomic mass is 9.88. The van der Waals surface area contributed by atoms with Gasteiger partial charge in [-0.3, -0.25) is 9.59 Å². The average molecular weight is 656 g/mol. The monoisotopic (exact) mass is 655 g/mol. The highest BCUT2D eigenvalue weighted by Crippen LogP contribution is 2.30. The number of anilines is 2. The zero-order chi connectivity index (χ0) is 34.1. The number of aromatic nitrogens is 1. The van der Waals surface area contributed by atoms with E-state index in [0.29, 0.717) is 41.7 Å². The number of rotatable bonds is 7. The highest BCUT2D eigenvalue weighted by Gasteiger charge is 2.32. The van der Waals surface area contributed by atoms with Crippen molar-refractivity contribution in [3.63, 3.8) is 0 Å². The summed E-state index contributed by atoms with van der Waals surface area (Å²) >= 11 is 0. The summed E-state index contributed by atoms with van der Waals surface area (Å²) in [6.07, 6.45) is 7.20. The maximum atomic E-state index is 14.4. The molecule has 2 heterocycles. The second-order valence-corrected chi connectivity index (χ2v) is 13.3. The van der Waals surface area contributed by atoms with Gasteiger partial charge in [-0.1, -0.05) is 31.3 Å². The van der Waals surface area contributed by atoms with Crippen molar-refractivity contribution in [1.82, 2.24) is 15.0 Å². The molecule has 0 unspecified atom stereocenters. The average Bonchev–Trinajstić information content (AvgIpc) is 3.37. The predicted octanol–water partition coefficient (Wildman–Crippen LogP) is 5.77. The zero-order valence-corrected chi connectivity index (χ0v) is 28.8. The molecule has 1 aliphatic heterocycles. The molecular weight excluding hydrogens is 602 g/mol. The van der Waals surface area contributed by atoms with Gasteiger partial charge < -0.3 is 39.5 Å². The van der Waals surface area contributed by atoms with Crippen molar-refractivity contribution in [2.45, 2.75) is 104 Å². The van der Waals surface area contributed by atoms with Crippen LogP contribution in [0.2, 0.25) is 0 Å². The van der Waals surface area contributed by atoms with E-state index in [9.17, 15) is 19.5 Å². The number of aliphatic hydroxyl groups is 1. The number of likely N-dealkylation sites (N-methyl/N-ethyl adjacent to an activating group) is 1. The minimum absolute atomic E-state index is 0.0577. The molecule has 0 saturated heterocycles. The molecule has 1 aliphatic carbocycles. The van der Waals surface area contributed by atoms with Gasteiger partial charge in [0.05, 0.1) is 30.4 Å². The van der Waals surface area contributed by atoms with Crippen LogP contribution < -0.4 is 15.4 Å². The lowest BCUT2D eigenvalue weighted by molar-refractivity contribution is -0.137. The first kappa shape index (κ1) is 36.2. The fourth-order valence-corrected chi connectivity index (χ4v) is 6.42. The van der Waals surface area contributed by atoms with Gasteiger partial charge >= 0.3 is 6.03 Å². The smallest absolute Gasteiger partial charge is 0.323 e. The number of amides is 4. The summed E-state index contributed by atoms with van der Waals surface area (Å²) in [5, 5.41) is 19.7. The number of ether oxygens (including phenoxy) is 2. The molecule has 1 aromatic carbocycles. The van der Waals surface area contributed by atoms with Crippen LogP contribution in [-0.2, 0) is 9.53 Å². The van der Waals surface area contributed by atoms with Crippen LogP contribution in [0.25, 0.3) is 0 Å². The molecule has 1 aromatic heterocycles. The summed E-state index contributed by atoms with van der Waals surface area (Å²) in [5.41, 5.74) is 1.70. The maximum absolute atomic E-state index is 14.4. The summed E-state index contributed by atoms with van der Waals surface area (Å²) in [6.45, 7) is 10.2. The van der Waals surface area contributed by atoms with E-state index in [1.807, 2.05) is 20.9 Å². The number of aryl methyl sites for hydroxylation is 2. The normalized spacial score (nSPS) is 22.4. The van der Waals surface area contributed by atoms with Gasteiger partial charge in [0, 0.05) is 44.3 Å². The van der Waals surface area contributed by atoms with Crippen molar-refractivity contribution in [2.24, 2.45) is 11.8 Å². The van der Waals surface area contributed by atoms with Crippen LogP contribution in [0.5, 0.6) is 5.75 Å². The van der Waals surface area contributed by atoms with Crippen molar-refractivity contribution in [3.8, 4) is 5.75 Å². The van der Waals surface area contributed by atoms with Crippen molar-refractivity contribution in [1.29, 1.82) is 0 Å². The van der Waals surface area contributed by atoms with Crippen molar-refractivity contribution >= 4 is 29.2 Å². The molecule has 260 valence electrons. The van der Waals surface area contributed by atoms with Gasteiger partial charge in [0.2, 0.25) is 5.91 Å². The summed E-state index contributed by atoms with van der Waals surface area (Å²) in [4.78, 5) is 44.0. The minimum atomic E-state index is -0.511. The zero-order valence-electron chi connectivity index (χ0n) is 28.8. The number of nitrogens with zero attached hydrogens (tertiary/aromatic N) is 3. The van der Waals surface area contributed by atoms with Crippen LogP contribution in [0.4, 0.5) is 16.2 Å². The Morgan fingerprint density at radius 1 is 1.09 bits per heavy atom. The van der Waals surface area contributed by atoms with Crippen LogP contribution in [0, 0.1) is 25.7 Å². The van der Waals surface area contributed by atoms with Gasteiger partial charge in [-0.2, -0.15) is 0 Å². The first-order valence-electron chi connectivity index (χ1n) is 17.1. The predicted molar refractivity (Wildman–Crippen MR) is 180 cm³/mol. The number of hydrogen-bond donors (Lipinski definition) is 3. The molecule has 1 fully saturated rings. The van der Waals surface area contributed by atoms with Gasteiger partial charge in [0.25, 0.3) is 5.91 Å². The molecule has 1 saturated carbocycles. The molecule has 4 rings (SSSR count). The fourth-order valence-electron chi connectivity index (χ4n) is 6.42. The second-order valence-electron chi connectivity index (χ2n) is 13.3. The Hall–Kier alpha value is -3.64. The van der Waals surface area contributed by atoms with E-state index >= 15 is 0 Å². The highest BCUT2D eigenvalue weighted by molar-refractivity contribution is 6.03. The number of hydrogen-bond acceptors (Lipinski definition) is 8. The summed E-state index contributed by atoms with van der Waals surface area (Å²) in [5.74, 6) is 0.622. The highest BCUT2D eigenvalue weighted by atomic mass is 16.5. The molecule has 4 atom stereocenters. The lowest BCUT2D eigenvalue weighted by Gasteiger charge is -2.36. The Bertz CT molecular complexity index is 1340. The molecule has 12 nitrogen and oxygen atoms in total. The summed E-state index contributed by atoms with van der Waals surface area (Å²) < 4.78 is 17.9.